The third-order valence-electron chi connectivity index (χ3n) is 2.99. The second-order valence-corrected chi connectivity index (χ2v) is 5.45. The lowest BCUT2D eigenvalue weighted by Crippen LogP contribution is -2.17. The Morgan fingerprint density at radius 3 is 2.61 bits per heavy atom. The van der Waals surface area contributed by atoms with Crippen LogP contribution in [0.1, 0.15) is 21.5 Å². The number of nitro groups is 1. The molecule has 2 rings (SSSR count). The lowest BCUT2D eigenvalue weighted by molar-refractivity contribution is -0.385. The van der Waals surface area contributed by atoms with Crippen LogP contribution >= 0.6 is 23.2 Å². The average molecular weight is 352 g/mol. The summed E-state index contributed by atoms with van der Waals surface area (Å²) in [5, 5.41) is 15.5. The van der Waals surface area contributed by atoms with E-state index < -0.39 is 10.8 Å². The van der Waals surface area contributed by atoms with E-state index in [1.165, 1.54) is 24.4 Å². The summed E-state index contributed by atoms with van der Waals surface area (Å²) in [4.78, 5) is 22.3. The van der Waals surface area contributed by atoms with E-state index in [0.717, 1.165) is 0 Å². The molecule has 2 aromatic rings. The van der Waals surface area contributed by atoms with Crippen molar-refractivity contribution < 1.29 is 9.72 Å². The van der Waals surface area contributed by atoms with Gasteiger partial charge in [0.05, 0.1) is 21.2 Å². The molecule has 6 nitrogen and oxygen atoms in total. The molecule has 2 aromatic carbocycles. The van der Waals surface area contributed by atoms with Crippen LogP contribution in [0.4, 0.5) is 5.69 Å². The van der Waals surface area contributed by atoms with E-state index in [-0.39, 0.29) is 11.3 Å². The molecule has 0 atom stereocenters. The van der Waals surface area contributed by atoms with E-state index in [1.807, 2.05) is 0 Å². The number of carbonyl (C=O) groups is 1. The molecule has 0 aliphatic rings. The van der Waals surface area contributed by atoms with Crippen LogP contribution in [0.15, 0.2) is 41.5 Å². The highest BCUT2D eigenvalue weighted by Crippen LogP contribution is 2.22. The Hall–Kier alpha value is -2.44. The molecule has 0 heterocycles. The first-order valence-corrected chi connectivity index (χ1v) is 7.17. The number of amides is 1. The van der Waals surface area contributed by atoms with Gasteiger partial charge in [0, 0.05) is 17.2 Å². The Kier molecular flexibility index (Phi) is 5.31. The molecule has 0 saturated carbocycles. The van der Waals surface area contributed by atoms with Crippen LogP contribution in [0.25, 0.3) is 0 Å². The highest BCUT2D eigenvalue weighted by Gasteiger charge is 2.14. The van der Waals surface area contributed by atoms with Crippen molar-refractivity contribution in [1.29, 1.82) is 0 Å². The zero-order valence-corrected chi connectivity index (χ0v) is 13.4. The van der Waals surface area contributed by atoms with Gasteiger partial charge in [-0.3, -0.25) is 14.9 Å². The summed E-state index contributed by atoms with van der Waals surface area (Å²) in [5.74, 6) is -0.551. The number of benzene rings is 2. The van der Waals surface area contributed by atoms with E-state index in [9.17, 15) is 14.9 Å². The van der Waals surface area contributed by atoms with Crippen molar-refractivity contribution in [2.45, 2.75) is 6.92 Å². The van der Waals surface area contributed by atoms with E-state index in [1.54, 1.807) is 25.1 Å². The number of carbonyl (C=O) groups excluding carboxylic acids is 1. The molecule has 0 fully saturated rings. The highest BCUT2D eigenvalue weighted by molar-refractivity contribution is 6.42. The number of aryl methyl sites for hydroxylation is 1. The van der Waals surface area contributed by atoms with Gasteiger partial charge in [0.2, 0.25) is 0 Å². The number of nitrogens with zero attached hydrogens (tertiary/aromatic N) is 2. The number of rotatable bonds is 4. The van der Waals surface area contributed by atoms with Crippen molar-refractivity contribution in [1.82, 2.24) is 5.43 Å². The highest BCUT2D eigenvalue weighted by atomic mass is 35.5. The summed E-state index contributed by atoms with van der Waals surface area (Å²) < 4.78 is 0. The molecule has 0 spiro atoms. The van der Waals surface area contributed by atoms with Crippen LogP contribution in [-0.4, -0.2) is 17.0 Å². The molecular formula is C15H11Cl2N3O3. The van der Waals surface area contributed by atoms with Crippen molar-refractivity contribution >= 4 is 41.0 Å². The zero-order valence-electron chi connectivity index (χ0n) is 11.9. The van der Waals surface area contributed by atoms with Crippen LogP contribution in [-0.2, 0) is 0 Å². The third kappa shape index (κ3) is 4.28. The number of hydrazone groups is 1. The molecule has 118 valence electrons. The first-order valence-electron chi connectivity index (χ1n) is 6.42. The quantitative estimate of drug-likeness (QED) is 0.513. The second kappa shape index (κ2) is 7.21. The van der Waals surface area contributed by atoms with E-state index >= 15 is 0 Å². The zero-order chi connectivity index (χ0) is 17.0. The molecule has 0 radical (unpaired) electrons. The summed E-state index contributed by atoms with van der Waals surface area (Å²) in [6, 6.07) is 9.09. The maximum absolute atomic E-state index is 11.9. The minimum absolute atomic E-state index is 0.119. The average Bonchev–Trinajstić information content (AvgIpc) is 2.50. The maximum atomic E-state index is 11.9. The molecule has 0 aromatic heterocycles. The van der Waals surface area contributed by atoms with Crippen LogP contribution < -0.4 is 5.43 Å². The first-order chi connectivity index (χ1) is 10.9. The molecule has 0 aliphatic heterocycles. The van der Waals surface area contributed by atoms with Gasteiger partial charge in [-0.15, -0.1) is 0 Å². The maximum Gasteiger partial charge on any atom is 0.273 e. The summed E-state index contributed by atoms with van der Waals surface area (Å²) in [5.41, 5.74) is 3.45. The monoisotopic (exact) mass is 351 g/mol. The Morgan fingerprint density at radius 1 is 1.22 bits per heavy atom. The molecule has 1 amide bonds. The first kappa shape index (κ1) is 16.9. The van der Waals surface area contributed by atoms with Gasteiger partial charge in [0.25, 0.3) is 11.6 Å². The van der Waals surface area contributed by atoms with Crippen LogP contribution in [0.2, 0.25) is 10.0 Å². The Morgan fingerprint density at radius 2 is 1.96 bits per heavy atom. The standard InChI is InChI=1S/C15H11Cl2N3O3/c1-9-2-4-11(7-14(9)20(22)23)15(21)19-18-8-10-3-5-12(16)13(17)6-10/h2-8H,1H3,(H,19,21)/b18-8-. The van der Waals surface area contributed by atoms with Gasteiger partial charge >= 0.3 is 0 Å². The van der Waals surface area contributed by atoms with E-state index in [2.05, 4.69) is 10.5 Å². The lowest BCUT2D eigenvalue weighted by Gasteiger charge is -2.02. The fourth-order valence-electron chi connectivity index (χ4n) is 1.77. The molecular weight excluding hydrogens is 341 g/mol. The molecule has 0 bridgehead atoms. The summed E-state index contributed by atoms with van der Waals surface area (Å²) in [7, 11) is 0. The largest absolute Gasteiger partial charge is 0.273 e. The van der Waals surface area contributed by atoms with Gasteiger partial charge in [-0.05, 0) is 30.7 Å². The Labute approximate surface area is 141 Å². The van der Waals surface area contributed by atoms with Crippen molar-refractivity contribution in [3.63, 3.8) is 0 Å². The van der Waals surface area contributed by atoms with Gasteiger partial charge in [-0.2, -0.15) is 5.10 Å². The normalized spacial score (nSPS) is 10.7. The molecule has 8 heteroatoms. The predicted octanol–water partition coefficient (Wildman–Crippen LogP) is 3.97. The molecule has 0 unspecified atom stereocenters. The number of hydrogen-bond acceptors (Lipinski definition) is 4. The van der Waals surface area contributed by atoms with Crippen molar-refractivity contribution in [2.24, 2.45) is 5.10 Å². The van der Waals surface area contributed by atoms with Gasteiger partial charge in [-0.1, -0.05) is 35.3 Å². The number of nitrogens with one attached hydrogen (secondary N) is 1. The van der Waals surface area contributed by atoms with Gasteiger partial charge in [0.1, 0.15) is 0 Å². The molecule has 0 aliphatic carbocycles. The molecule has 0 saturated heterocycles. The minimum Gasteiger partial charge on any atom is -0.267 e. The Balaban J connectivity index is 2.10. The van der Waals surface area contributed by atoms with Gasteiger partial charge in [0.15, 0.2) is 0 Å². The van der Waals surface area contributed by atoms with Crippen LogP contribution in [0.3, 0.4) is 0 Å². The van der Waals surface area contributed by atoms with Crippen LogP contribution in [0, 0.1) is 17.0 Å². The lowest BCUT2D eigenvalue weighted by atomic mass is 10.1. The van der Waals surface area contributed by atoms with E-state index in [0.29, 0.717) is 21.2 Å². The van der Waals surface area contributed by atoms with Crippen molar-refractivity contribution in [3.05, 3.63) is 73.2 Å². The molecule has 1 N–H and O–H groups in total. The summed E-state index contributed by atoms with van der Waals surface area (Å²) >= 11 is 11.7. The summed E-state index contributed by atoms with van der Waals surface area (Å²) in [6.07, 6.45) is 1.39. The number of halogens is 2. The van der Waals surface area contributed by atoms with E-state index in [4.69, 9.17) is 23.2 Å². The minimum atomic E-state index is -0.551. The fourth-order valence-corrected chi connectivity index (χ4v) is 2.08. The number of hydrogen-bond donors (Lipinski definition) is 1. The fraction of sp³-hybridized carbons (Fsp3) is 0.0667. The Bertz CT molecular complexity index is 807. The predicted molar refractivity (Wildman–Crippen MR) is 89.4 cm³/mol. The van der Waals surface area contributed by atoms with Crippen molar-refractivity contribution in [2.75, 3.05) is 0 Å². The molecule has 23 heavy (non-hydrogen) atoms. The van der Waals surface area contributed by atoms with Crippen molar-refractivity contribution in [3.8, 4) is 0 Å². The smallest absolute Gasteiger partial charge is 0.267 e. The SMILES string of the molecule is Cc1ccc(C(=O)N/N=C\c2ccc(Cl)c(Cl)c2)cc1[N+](=O)[O-]. The van der Waals surface area contributed by atoms with Gasteiger partial charge < -0.3 is 0 Å². The topological polar surface area (TPSA) is 84.6 Å². The summed E-state index contributed by atoms with van der Waals surface area (Å²) in [6.45, 7) is 1.60. The third-order valence-corrected chi connectivity index (χ3v) is 3.73. The second-order valence-electron chi connectivity index (χ2n) is 4.63. The van der Waals surface area contributed by atoms with Crippen LogP contribution in [0.5, 0.6) is 0 Å². The number of nitro benzene ring substituents is 1. The van der Waals surface area contributed by atoms with Gasteiger partial charge in [-0.25, -0.2) is 5.43 Å².